The van der Waals surface area contributed by atoms with E-state index in [1.807, 2.05) is 19.1 Å². The van der Waals surface area contributed by atoms with Crippen LogP contribution in [0, 0.1) is 6.92 Å². The lowest BCUT2D eigenvalue weighted by Gasteiger charge is -2.06. The summed E-state index contributed by atoms with van der Waals surface area (Å²) in [5.74, 6) is 0.619. The molecule has 1 amide bonds. The molecule has 6 heteroatoms. The second kappa shape index (κ2) is 6.29. The lowest BCUT2D eigenvalue weighted by Crippen LogP contribution is -2.14. The molecule has 0 bridgehead atoms. The van der Waals surface area contributed by atoms with Crippen LogP contribution >= 0.6 is 23.2 Å². The zero-order chi connectivity index (χ0) is 14.7. The Bertz CT molecular complexity index is 637. The van der Waals surface area contributed by atoms with Gasteiger partial charge in [0.1, 0.15) is 5.82 Å². The van der Waals surface area contributed by atoms with Gasteiger partial charge in [0.25, 0.3) is 0 Å². The molecule has 20 heavy (non-hydrogen) atoms. The molecule has 0 saturated heterocycles. The predicted molar refractivity (Wildman–Crippen MR) is 81.4 cm³/mol. The predicted octanol–water partition coefficient (Wildman–Crippen LogP) is 3.61. The second-order valence-electron chi connectivity index (χ2n) is 4.58. The minimum absolute atomic E-state index is 0.0704. The van der Waals surface area contributed by atoms with Crippen molar-refractivity contribution in [2.24, 2.45) is 7.05 Å². The lowest BCUT2D eigenvalue weighted by molar-refractivity contribution is -0.116. The van der Waals surface area contributed by atoms with Gasteiger partial charge in [0, 0.05) is 29.6 Å². The Labute approximate surface area is 127 Å². The van der Waals surface area contributed by atoms with Crippen LogP contribution in [0.4, 0.5) is 5.82 Å². The average Bonchev–Trinajstić information content (AvgIpc) is 2.66. The molecule has 4 nitrogen and oxygen atoms in total. The Morgan fingerprint density at radius 3 is 2.70 bits per heavy atom. The van der Waals surface area contributed by atoms with E-state index in [1.165, 1.54) is 0 Å². The molecule has 1 N–H and O–H groups in total. The van der Waals surface area contributed by atoms with Crippen LogP contribution in [0.1, 0.15) is 17.7 Å². The van der Waals surface area contributed by atoms with Crippen LogP contribution in [0.3, 0.4) is 0 Å². The van der Waals surface area contributed by atoms with Crippen molar-refractivity contribution in [3.63, 3.8) is 0 Å². The number of anilines is 1. The van der Waals surface area contributed by atoms with Crippen molar-refractivity contribution in [2.75, 3.05) is 5.32 Å². The molecule has 2 aromatic rings. The standard InChI is InChI=1S/C14H15Cl2N3O/c1-9-7-13(19(2)18-9)17-14(20)6-4-10-3-5-11(15)8-12(10)16/h3,5,7-8H,4,6H2,1-2H3,(H,17,20). The van der Waals surface area contributed by atoms with Gasteiger partial charge in [-0.15, -0.1) is 0 Å². The molecule has 0 fully saturated rings. The second-order valence-corrected chi connectivity index (χ2v) is 5.42. The third-order valence-corrected chi connectivity index (χ3v) is 3.49. The first-order valence-corrected chi connectivity index (χ1v) is 6.95. The molecule has 0 aliphatic rings. The maximum atomic E-state index is 11.9. The summed E-state index contributed by atoms with van der Waals surface area (Å²) in [6.45, 7) is 1.88. The van der Waals surface area contributed by atoms with Crippen molar-refractivity contribution in [3.05, 3.63) is 45.6 Å². The molecule has 0 aliphatic heterocycles. The number of halogens is 2. The first-order chi connectivity index (χ1) is 9.45. The van der Waals surface area contributed by atoms with Gasteiger partial charge in [-0.25, -0.2) is 0 Å². The summed E-state index contributed by atoms with van der Waals surface area (Å²) in [6, 6.07) is 7.12. The number of aromatic nitrogens is 2. The van der Waals surface area contributed by atoms with Gasteiger partial charge >= 0.3 is 0 Å². The normalized spacial score (nSPS) is 10.6. The van der Waals surface area contributed by atoms with Crippen LogP contribution in [-0.2, 0) is 18.3 Å². The smallest absolute Gasteiger partial charge is 0.225 e. The maximum absolute atomic E-state index is 11.9. The number of carbonyl (C=O) groups is 1. The molecule has 1 aromatic carbocycles. The van der Waals surface area contributed by atoms with Gasteiger partial charge in [-0.2, -0.15) is 5.10 Å². The number of rotatable bonds is 4. The molecule has 106 valence electrons. The Morgan fingerprint density at radius 2 is 2.10 bits per heavy atom. The van der Waals surface area contributed by atoms with Crippen molar-refractivity contribution in [2.45, 2.75) is 19.8 Å². The highest BCUT2D eigenvalue weighted by Gasteiger charge is 2.09. The van der Waals surface area contributed by atoms with E-state index in [0.29, 0.717) is 28.7 Å². The van der Waals surface area contributed by atoms with Gasteiger partial charge in [0.15, 0.2) is 0 Å². The fourth-order valence-electron chi connectivity index (χ4n) is 1.91. The maximum Gasteiger partial charge on any atom is 0.225 e. The zero-order valence-electron chi connectivity index (χ0n) is 11.3. The molecule has 1 heterocycles. The van der Waals surface area contributed by atoms with Crippen LogP contribution in [0.25, 0.3) is 0 Å². The number of amides is 1. The Balaban J connectivity index is 1.94. The molecule has 2 rings (SSSR count). The number of hydrogen-bond acceptors (Lipinski definition) is 2. The summed E-state index contributed by atoms with van der Waals surface area (Å²) in [7, 11) is 1.79. The Kier molecular flexibility index (Phi) is 4.68. The number of benzene rings is 1. The zero-order valence-corrected chi connectivity index (χ0v) is 12.8. The fraction of sp³-hybridized carbons (Fsp3) is 0.286. The highest BCUT2D eigenvalue weighted by molar-refractivity contribution is 6.35. The van der Waals surface area contributed by atoms with E-state index in [-0.39, 0.29) is 5.91 Å². The number of aryl methyl sites for hydroxylation is 3. The van der Waals surface area contributed by atoms with E-state index in [0.717, 1.165) is 11.3 Å². The van der Waals surface area contributed by atoms with Gasteiger partial charge < -0.3 is 5.32 Å². The Hall–Kier alpha value is -1.52. The molecule has 1 aromatic heterocycles. The van der Waals surface area contributed by atoms with E-state index < -0.39 is 0 Å². The molecule has 0 aliphatic carbocycles. The summed E-state index contributed by atoms with van der Waals surface area (Å²) in [6.07, 6.45) is 0.921. The molecular weight excluding hydrogens is 297 g/mol. The van der Waals surface area contributed by atoms with Crippen molar-refractivity contribution in [3.8, 4) is 0 Å². The molecular formula is C14H15Cl2N3O. The first-order valence-electron chi connectivity index (χ1n) is 6.20. The molecule has 0 saturated carbocycles. The minimum Gasteiger partial charge on any atom is -0.311 e. The topological polar surface area (TPSA) is 46.9 Å². The third-order valence-electron chi connectivity index (χ3n) is 2.91. The number of carbonyl (C=O) groups excluding carboxylic acids is 1. The molecule has 0 atom stereocenters. The molecule has 0 unspecified atom stereocenters. The number of nitrogens with zero attached hydrogens (tertiary/aromatic N) is 2. The van der Waals surface area contributed by atoms with E-state index in [4.69, 9.17) is 23.2 Å². The first kappa shape index (κ1) is 14.9. The van der Waals surface area contributed by atoms with Crippen LogP contribution in [0.15, 0.2) is 24.3 Å². The van der Waals surface area contributed by atoms with E-state index >= 15 is 0 Å². The van der Waals surface area contributed by atoms with Gasteiger partial charge in [0.2, 0.25) is 5.91 Å². The molecule has 0 radical (unpaired) electrons. The highest BCUT2D eigenvalue weighted by Crippen LogP contribution is 2.22. The quantitative estimate of drug-likeness (QED) is 0.937. The van der Waals surface area contributed by atoms with Crippen LogP contribution in [-0.4, -0.2) is 15.7 Å². The monoisotopic (exact) mass is 311 g/mol. The van der Waals surface area contributed by atoms with Gasteiger partial charge in [-0.1, -0.05) is 29.3 Å². The fourth-order valence-corrected chi connectivity index (χ4v) is 2.41. The minimum atomic E-state index is -0.0704. The highest BCUT2D eigenvalue weighted by atomic mass is 35.5. The van der Waals surface area contributed by atoms with Gasteiger partial charge in [-0.05, 0) is 31.0 Å². The average molecular weight is 312 g/mol. The van der Waals surface area contributed by atoms with E-state index in [2.05, 4.69) is 10.4 Å². The summed E-state index contributed by atoms with van der Waals surface area (Å²) >= 11 is 11.9. The SMILES string of the molecule is Cc1cc(NC(=O)CCc2ccc(Cl)cc2Cl)n(C)n1. The molecule has 0 spiro atoms. The van der Waals surface area contributed by atoms with Gasteiger partial charge in [-0.3, -0.25) is 9.48 Å². The summed E-state index contributed by atoms with van der Waals surface area (Å²) < 4.78 is 1.64. The van der Waals surface area contributed by atoms with Gasteiger partial charge in [0.05, 0.1) is 5.69 Å². The number of hydrogen-bond donors (Lipinski definition) is 1. The third kappa shape index (κ3) is 3.74. The summed E-state index contributed by atoms with van der Waals surface area (Å²) in [5.41, 5.74) is 1.77. The van der Waals surface area contributed by atoms with Crippen molar-refractivity contribution >= 4 is 34.9 Å². The van der Waals surface area contributed by atoms with Crippen molar-refractivity contribution in [1.29, 1.82) is 0 Å². The Morgan fingerprint density at radius 1 is 1.35 bits per heavy atom. The summed E-state index contributed by atoms with van der Waals surface area (Å²) in [5, 5.41) is 8.17. The van der Waals surface area contributed by atoms with Crippen LogP contribution in [0.2, 0.25) is 10.0 Å². The van der Waals surface area contributed by atoms with E-state index in [1.54, 1.807) is 23.9 Å². The van der Waals surface area contributed by atoms with Crippen molar-refractivity contribution in [1.82, 2.24) is 9.78 Å². The van der Waals surface area contributed by atoms with Crippen molar-refractivity contribution < 1.29 is 4.79 Å². The van der Waals surface area contributed by atoms with Crippen LogP contribution < -0.4 is 5.32 Å². The van der Waals surface area contributed by atoms with Crippen LogP contribution in [0.5, 0.6) is 0 Å². The van der Waals surface area contributed by atoms with E-state index in [9.17, 15) is 4.79 Å². The lowest BCUT2D eigenvalue weighted by atomic mass is 10.1. The number of nitrogens with one attached hydrogen (secondary N) is 1. The largest absolute Gasteiger partial charge is 0.311 e. The summed E-state index contributed by atoms with van der Waals surface area (Å²) in [4.78, 5) is 11.9.